The van der Waals surface area contributed by atoms with Crippen molar-refractivity contribution >= 4 is 5.91 Å². The van der Waals surface area contributed by atoms with Crippen LogP contribution in [0.4, 0.5) is 0 Å². The van der Waals surface area contributed by atoms with Gasteiger partial charge < -0.3 is 10.0 Å². The van der Waals surface area contributed by atoms with E-state index in [0.29, 0.717) is 24.3 Å². The number of nitrogens with one attached hydrogen (secondary N) is 1. The molecule has 0 spiro atoms. The molecule has 2 atom stereocenters. The van der Waals surface area contributed by atoms with Gasteiger partial charge in [0.1, 0.15) is 0 Å². The number of aliphatic hydroxyl groups is 1. The summed E-state index contributed by atoms with van der Waals surface area (Å²) in [5.41, 5.74) is 3.95. The van der Waals surface area contributed by atoms with E-state index in [1.807, 2.05) is 48.5 Å². The highest BCUT2D eigenvalue weighted by molar-refractivity contribution is 5.99. The maximum atomic E-state index is 12.6. The summed E-state index contributed by atoms with van der Waals surface area (Å²) in [6, 6.07) is 16.8. The molecule has 0 radical (unpaired) electrons. The molecule has 124 valence electrons. The minimum absolute atomic E-state index is 0.109. The highest BCUT2D eigenvalue weighted by Crippen LogP contribution is 2.43. The first-order valence-electron chi connectivity index (χ1n) is 8.26. The van der Waals surface area contributed by atoms with Crippen LogP contribution >= 0.6 is 0 Å². The monoisotopic (exact) mass is 324 g/mol. The fourth-order valence-electron chi connectivity index (χ4n) is 3.68. The number of hydrogen-bond donors (Lipinski definition) is 2. The van der Waals surface area contributed by atoms with E-state index in [4.69, 9.17) is 4.84 Å². The molecule has 0 aliphatic carbocycles. The van der Waals surface area contributed by atoms with Gasteiger partial charge in [-0.2, -0.15) is 5.48 Å². The van der Waals surface area contributed by atoms with Gasteiger partial charge in [0.25, 0.3) is 5.91 Å². The summed E-state index contributed by atoms with van der Waals surface area (Å²) >= 11 is 0. The van der Waals surface area contributed by atoms with Gasteiger partial charge in [-0.1, -0.05) is 48.5 Å². The van der Waals surface area contributed by atoms with Crippen LogP contribution < -0.4 is 5.48 Å². The van der Waals surface area contributed by atoms with Gasteiger partial charge in [-0.15, -0.1) is 0 Å². The average molecular weight is 324 g/mol. The molecule has 2 N–H and O–H groups in total. The van der Waals surface area contributed by atoms with Crippen LogP contribution in [0.1, 0.15) is 34.3 Å². The van der Waals surface area contributed by atoms with Gasteiger partial charge >= 0.3 is 0 Å². The van der Waals surface area contributed by atoms with Gasteiger partial charge in [-0.3, -0.25) is 9.63 Å². The Hall–Kier alpha value is -2.21. The third-order valence-electron chi connectivity index (χ3n) is 4.88. The second kappa shape index (κ2) is 6.02. The molecule has 5 nitrogen and oxygen atoms in total. The summed E-state index contributed by atoms with van der Waals surface area (Å²) in [6.07, 6.45) is 1.57. The third-order valence-corrected chi connectivity index (χ3v) is 4.88. The van der Waals surface area contributed by atoms with Crippen LogP contribution in [0.3, 0.4) is 0 Å². The van der Waals surface area contributed by atoms with Crippen molar-refractivity contribution < 1.29 is 14.7 Å². The summed E-state index contributed by atoms with van der Waals surface area (Å²) < 4.78 is 0. The molecule has 2 aliphatic rings. The van der Waals surface area contributed by atoms with Crippen molar-refractivity contribution in [2.75, 3.05) is 6.54 Å². The number of rotatable bonds is 4. The molecule has 24 heavy (non-hydrogen) atoms. The van der Waals surface area contributed by atoms with E-state index >= 15 is 0 Å². The van der Waals surface area contributed by atoms with Gasteiger partial charge in [0.15, 0.2) is 5.72 Å². The minimum Gasteiger partial charge on any atom is -0.365 e. The van der Waals surface area contributed by atoms with Crippen molar-refractivity contribution in [2.45, 2.75) is 31.2 Å². The van der Waals surface area contributed by atoms with Crippen molar-refractivity contribution in [3.63, 3.8) is 0 Å². The van der Waals surface area contributed by atoms with Gasteiger partial charge in [-0.25, -0.2) is 0 Å². The van der Waals surface area contributed by atoms with Crippen LogP contribution in [0.5, 0.6) is 0 Å². The molecule has 5 heteroatoms. The molecule has 0 bridgehead atoms. The van der Waals surface area contributed by atoms with Gasteiger partial charge in [0, 0.05) is 17.7 Å². The Morgan fingerprint density at radius 2 is 1.92 bits per heavy atom. The van der Waals surface area contributed by atoms with E-state index in [0.717, 1.165) is 18.4 Å². The molecule has 1 fully saturated rings. The Morgan fingerprint density at radius 1 is 1.17 bits per heavy atom. The molecule has 2 aromatic rings. The molecule has 0 saturated carbocycles. The molecule has 4 rings (SSSR count). The molecular formula is C19H20N2O3. The molecular weight excluding hydrogens is 304 g/mol. The zero-order chi connectivity index (χ0) is 16.6. The molecule has 1 saturated heterocycles. The Balaban J connectivity index is 1.54. The van der Waals surface area contributed by atoms with E-state index in [1.165, 1.54) is 0 Å². The van der Waals surface area contributed by atoms with Crippen LogP contribution in [0.2, 0.25) is 0 Å². The van der Waals surface area contributed by atoms with E-state index in [-0.39, 0.29) is 11.9 Å². The topological polar surface area (TPSA) is 61.8 Å². The molecule has 2 aliphatic heterocycles. The normalized spacial score (nSPS) is 25.5. The molecule has 2 heterocycles. The van der Waals surface area contributed by atoms with Crippen LogP contribution in [0.25, 0.3) is 0 Å². The average Bonchev–Trinajstić information content (AvgIpc) is 2.86. The fourth-order valence-corrected chi connectivity index (χ4v) is 3.68. The predicted octanol–water partition coefficient (Wildman–Crippen LogP) is 2.17. The maximum absolute atomic E-state index is 12.6. The van der Waals surface area contributed by atoms with Crippen LogP contribution in [-0.2, 0) is 17.2 Å². The highest BCUT2D eigenvalue weighted by atomic mass is 16.6. The Kier molecular flexibility index (Phi) is 3.84. The zero-order valence-corrected chi connectivity index (χ0v) is 13.3. The van der Waals surface area contributed by atoms with E-state index in [2.05, 4.69) is 5.48 Å². The summed E-state index contributed by atoms with van der Waals surface area (Å²) in [5, 5.41) is 11.4. The lowest BCUT2D eigenvalue weighted by Gasteiger charge is -2.44. The predicted molar refractivity (Wildman–Crippen MR) is 88.8 cm³/mol. The zero-order valence-electron chi connectivity index (χ0n) is 13.3. The lowest BCUT2D eigenvalue weighted by atomic mass is 9.89. The summed E-state index contributed by atoms with van der Waals surface area (Å²) in [6.45, 7) is 0.962. The molecule has 2 aromatic carbocycles. The number of carbonyl (C=O) groups excluding carboxylic acids is 1. The first kappa shape index (κ1) is 15.3. The lowest BCUT2D eigenvalue weighted by molar-refractivity contribution is -0.166. The number of benzene rings is 2. The number of fused-ring (bicyclic) bond motifs is 3. The van der Waals surface area contributed by atoms with Crippen molar-refractivity contribution in [1.82, 2.24) is 10.4 Å². The summed E-state index contributed by atoms with van der Waals surface area (Å²) in [4.78, 5) is 19.8. The standard InChI is InChI=1S/C19H20N2O3/c22-18-15-9-4-5-10-16(15)19(23)17(11-6-12-21(18)19)20-24-13-14-7-2-1-3-8-14/h1-5,7-10,17,20,23H,6,11-13H2/t17-,19-/m0/s1. The third kappa shape index (κ3) is 2.33. The molecule has 0 unspecified atom stereocenters. The number of nitrogens with zero attached hydrogens (tertiary/aromatic N) is 1. The maximum Gasteiger partial charge on any atom is 0.256 e. The van der Waals surface area contributed by atoms with Crippen molar-refractivity contribution in [3.05, 3.63) is 71.3 Å². The van der Waals surface area contributed by atoms with Gasteiger partial charge in [0.05, 0.1) is 12.6 Å². The second-order valence-electron chi connectivity index (χ2n) is 6.32. The first-order chi connectivity index (χ1) is 11.7. The molecule has 1 amide bonds. The molecule has 0 aromatic heterocycles. The number of amides is 1. The van der Waals surface area contributed by atoms with E-state index in [9.17, 15) is 9.90 Å². The van der Waals surface area contributed by atoms with Gasteiger partial charge in [0.2, 0.25) is 0 Å². The van der Waals surface area contributed by atoms with Crippen molar-refractivity contribution in [1.29, 1.82) is 0 Å². The van der Waals surface area contributed by atoms with Crippen LogP contribution in [0, 0.1) is 0 Å². The quantitative estimate of drug-likeness (QED) is 0.846. The summed E-state index contributed by atoms with van der Waals surface area (Å²) in [7, 11) is 0. The van der Waals surface area contributed by atoms with E-state index < -0.39 is 5.72 Å². The number of hydrogen-bond acceptors (Lipinski definition) is 4. The van der Waals surface area contributed by atoms with Crippen molar-refractivity contribution in [2.24, 2.45) is 0 Å². The van der Waals surface area contributed by atoms with Gasteiger partial charge in [-0.05, 0) is 24.5 Å². The fraction of sp³-hybridized carbons (Fsp3) is 0.316. The van der Waals surface area contributed by atoms with Crippen molar-refractivity contribution in [3.8, 4) is 0 Å². The SMILES string of the molecule is O=C1c2ccccc2[C@]2(O)[C@@H](NOCc3ccccc3)CCCN12. The first-order valence-corrected chi connectivity index (χ1v) is 8.26. The smallest absolute Gasteiger partial charge is 0.256 e. The van der Waals surface area contributed by atoms with Crippen LogP contribution in [0.15, 0.2) is 54.6 Å². The second-order valence-corrected chi connectivity index (χ2v) is 6.32. The number of carbonyl (C=O) groups is 1. The largest absolute Gasteiger partial charge is 0.365 e. The number of piperidine rings is 1. The van der Waals surface area contributed by atoms with E-state index in [1.54, 1.807) is 11.0 Å². The summed E-state index contributed by atoms with van der Waals surface area (Å²) in [5.74, 6) is -0.109. The Morgan fingerprint density at radius 3 is 2.75 bits per heavy atom. The minimum atomic E-state index is -1.34. The Bertz CT molecular complexity index is 749. The van der Waals surface area contributed by atoms with Crippen LogP contribution in [-0.4, -0.2) is 28.5 Å². The number of hydroxylamine groups is 1. The highest BCUT2D eigenvalue weighted by Gasteiger charge is 2.55. The Labute approximate surface area is 140 Å². The lowest BCUT2D eigenvalue weighted by Crippen LogP contribution is -2.60.